The van der Waals surface area contributed by atoms with E-state index in [1.165, 1.54) is 5.56 Å². The Bertz CT molecular complexity index is 443. The van der Waals surface area contributed by atoms with Gasteiger partial charge in [0.05, 0.1) is 11.4 Å². The number of carbonyl (C=O) groups excluding carboxylic acids is 1. The van der Waals surface area contributed by atoms with E-state index in [1.54, 1.807) is 0 Å². The van der Waals surface area contributed by atoms with Crippen LogP contribution in [0.3, 0.4) is 0 Å². The Morgan fingerprint density at radius 1 is 1.39 bits per heavy atom. The molecule has 0 aliphatic carbocycles. The highest BCUT2D eigenvalue weighted by Crippen LogP contribution is 2.11. The summed E-state index contributed by atoms with van der Waals surface area (Å²) in [6.07, 6.45) is 1.91. The molecule has 1 amide bonds. The molecule has 0 fully saturated rings. The minimum atomic E-state index is 0.0478. The molecule has 0 atom stereocenters. The number of thiocarbonyl (C=S) groups is 1. The molecular weight excluding hydrogens is 244 g/mol. The zero-order chi connectivity index (χ0) is 13.5. The van der Waals surface area contributed by atoms with Crippen LogP contribution in [-0.2, 0) is 11.2 Å². The standard InChI is InChI=1S/C14H20N2OS/c1-10-5-6-11(2)12(8-10)9-14(17)16-7-3-4-13(15)18/h5-6,8H,3-4,7,9H2,1-2H3,(H2,15,18)(H,16,17). The first-order valence-electron chi connectivity index (χ1n) is 6.10. The second kappa shape index (κ2) is 7.11. The van der Waals surface area contributed by atoms with Crippen LogP contribution in [0.1, 0.15) is 29.5 Å². The van der Waals surface area contributed by atoms with Crippen molar-refractivity contribution in [3.05, 3.63) is 34.9 Å². The molecule has 0 unspecified atom stereocenters. The summed E-state index contributed by atoms with van der Waals surface area (Å²) in [5, 5.41) is 2.88. The van der Waals surface area contributed by atoms with Gasteiger partial charge in [-0.25, -0.2) is 0 Å². The predicted molar refractivity (Wildman–Crippen MR) is 78.6 cm³/mol. The molecule has 1 aromatic carbocycles. The second-order valence-electron chi connectivity index (χ2n) is 4.53. The van der Waals surface area contributed by atoms with Crippen molar-refractivity contribution in [1.82, 2.24) is 5.32 Å². The second-order valence-corrected chi connectivity index (χ2v) is 5.05. The zero-order valence-electron chi connectivity index (χ0n) is 11.0. The summed E-state index contributed by atoms with van der Waals surface area (Å²) in [6, 6.07) is 6.16. The van der Waals surface area contributed by atoms with Gasteiger partial charge < -0.3 is 11.1 Å². The van der Waals surface area contributed by atoms with Gasteiger partial charge in [-0.2, -0.15) is 0 Å². The summed E-state index contributed by atoms with van der Waals surface area (Å²) >= 11 is 4.78. The number of nitrogens with two attached hydrogens (primary N) is 1. The van der Waals surface area contributed by atoms with Gasteiger partial charge in [-0.05, 0) is 37.8 Å². The molecule has 0 bridgehead atoms. The first-order chi connectivity index (χ1) is 8.49. The lowest BCUT2D eigenvalue weighted by molar-refractivity contribution is -0.120. The minimum absolute atomic E-state index is 0.0478. The first kappa shape index (κ1) is 14.6. The lowest BCUT2D eigenvalue weighted by Gasteiger charge is -2.08. The Labute approximate surface area is 114 Å². The van der Waals surface area contributed by atoms with Crippen LogP contribution in [0, 0.1) is 13.8 Å². The molecule has 3 nitrogen and oxygen atoms in total. The quantitative estimate of drug-likeness (QED) is 0.610. The summed E-state index contributed by atoms with van der Waals surface area (Å²) in [5.74, 6) is 0.0478. The van der Waals surface area contributed by atoms with Crippen molar-refractivity contribution < 1.29 is 4.79 Å². The van der Waals surface area contributed by atoms with E-state index >= 15 is 0 Å². The number of hydrogen-bond acceptors (Lipinski definition) is 2. The van der Waals surface area contributed by atoms with Gasteiger partial charge in [0.15, 0.2) is 0 Å². The average molecular weight is 264 g/mol. The van der Waals surface area contributed by atoms with E-state index in [-0.39, 0.29) is 5.91 Å². The van der Waals surface area contributed by atoms with Crippen molar-refractivity contribution in [3.8, 4) is 0 Å². The van der Waals surface area contributed by atoms with Crippen molar-refractivity contribution >= 4 is 23.1 Å². The van der Waals surface area contributed by atoms with Crippen molar-refractivity contribution in [2.24, 2.45) is 5.73 Å². The van der Waals surface area contributed by atoms with Gasteiger partial charge in [0.1, 0.15) is 0 Å². The fraction of sp³-hybridized carbons (Fsp3) is 0.429. The van der Waals surface area contributed by atoms with Crippen LogP contribution in [-0.4, -0.2) is 17.4 Å². The molecule has 4 heteroatoms. The summed E-state index contributed by atoms with van der Waals surface area (Å²) in [6.45, 7) is 4.68. The lowest BCUT2D eigenvalue weighted by Crippen LogP contribution is -2.27. The van der Waals surface area contributed by atoms with E-state index in [2.05, 4.69) is 17.4 Å². The van der Waals surface area contributed by atoms with Crippen LogP contribution >= 0.6 is 12.2 Å². The fourth-order valence-corrected chi connectivity index (χ4v) is 1.86. The molecule has 3 N–H and O–H groups in total. The normalized spacial score (nSPS) is 10.1. The average Bonchev–Trinajstić information content (AvgIpc) is 2.29. The zero-order valence-corrected chi connectivity index (χ0v) is 11.8. The van der Waals surface area contributed by atoms with Gasteiger partial charge in [0, 0.05) is 6.54 Å². The molecule has 0 saturated heterocycles. The third kappa shape index (κ3) is 5.27. The van der Waals surface area contributed by atoms with Crippen molar-refractivity contribution in [1.29, 1.82) is 0 Å². The number of nitrogens with one attached hydrogen (secondary N) is 1. The molecule has 98 valence electrons. The highest BCUT2D eigenvalue weighted by atomic mass is 32.1. The Balaban J connectivity index is 2.40. The highest BCUT2D eigenvalue weighted by Gasteiger charge is 2.05. The van der Waals surface area contributed by atoms with E-state index in [9.17, 15) is 4.79 Å². The predicted octanol–water partition coefficient (Wildman–Crippen LogP) is 2.03. The van der Waals surface area contributed by atoms with Crippen LogP contribution in [0.5, 0.6) is 0 Å². The molecule has 0 radical (unpaired) electrons. The van der Waals surface area contributed by atoms with E-state index in [4.69, 9.17) is 18.0 Å². The maximum Gasteiger partial charge on any atom is 0.224 e. The number of amides is 1. The van der Waals surface area contributed by atoms with Crippen molar-refractivity contribution in [3.63, 3.8) is 0 Å². The largest absolute Gasteiger partial charge is 0.393 e. The summed E-state index contributed by atoms with van der Waals surface area (Å²) < 4.78 is 0. The topological polar surface area (TPSA) is 55.1 Å². The number of hydrogen-bond donors (Lipinski definition) is 2. The van der Waals surface area contributed by atoms with Crippen molar-refractivity contribution in [2.75, 3.05) is 6.54 Å². The monoisotopic (exact) mass is 264 g/mol. The third-order valence-electron chi connectivity index (χ3n) is 2.78. The van der Waals surface area contributed by atoms with Crippen molar-refractivity contribution in [2.45, 2.75) is 33.1 Å². The maximum atomic E-state index is 11.7. The molecule has 0 spiro atoms. The Morgan fingerprint density at radius 2 is 2.11 bits per heavy atom. The molecule has 1 rings (SSSR count). The smallest absolute Gasteiger partial charge is 0.224 e. The van der Waals surface area contributed by atoms with Gasteiger partial charge in [-0.1, -0.05) is 36.0 Å². The molecule has 1 aromatic rings. The Kier molecular flexibility index (Phi) is 5.78. The van der Waals surface area contributed by atoms with Crippen LogP contribution in [0.4, 0.5) is 0 Å². The highest BCUT2D eigenvalue weighted by molar-refractivity contribution is 7.80. The molecule has 0 heterocycles. The minimum Gasteiger partial charge on any atom is -0.393 e. The molecule has 0 aromatic heterocycles. The van der Waals surface area contributed by atoms with Gasteiger partial charge in [-0.3, -0.25) is 4.79 Å². The van der Waals surface area contributed by atoms with Gasteiger partial charge in [0.2, 0.25) is 5.91 Å². The van der Waals surface area contributed by atoms with E-state index < -0.39 is 0 Å². The fourth-order valence-electron chi connectivity index (χ4n) is 1.72. The third-order valence-corrected chi connectivity index (χ3v) is 2.98. The maximum absolute atomic E-state index is 11.7. The number of aryl methyl sites for hydroxylation is 2. The lowest BCUT2D eigenvalue weighted by atomic mass is 10.0. The van der Waals surface area contributed by atoms with Crippen LogP contribution in [0.25, 0.3) is 0 Å². The van der Waals surface area contributed by atoms with Gasteiger partial charge >= 0.3 is 0 Å². The van der Waals surface area contributed by atoms with E-state index in [0.717, 1.165) is 17.5 Å². The number of benzene rings is 1. The number of carbonyl (C=O) groups is 1. The van der Waals surface area contributed by atoms with Crippen LogP contribution < -0.4 is 11.1 Å². The summed E-state index contributed by atoms with van der Waals surface area (Å²) in [7, 11) is 0. The molecule has 0 saturated carbocycles. The SMILES string of the molecule is Cc1ccc(C)c(CC(=O)NCCCC(N)=S)c1. The molecule has 0 aliphatic rings. The van der Waals surface area contributed by atoms with E-state index in [1.807, 2.05) is 19.9 Å². The summed E-state index contributed by atoms with van der Waals surface area (Å²) in [5.41, 5.74) is 8.80. The molecular formula is C14H20N2OS. The van der Waals surface area contributed by atoms with Gasteiger partial charge in [0.25, 0.3) is 0 Å². The molecule has 18 heavy (non-hydrogen) atoms. The van der Waals surface area contributed by atoms with Crippen LogP contribution in [0.15, 0.2) is 18.2 Å². The molecule has 0 aliphatic heterocycles. The number of rotatable bonds is 6. The Morgan fingerprint density at radius 3 is 2.78 bits per heavy atom. The van der Waals surface area contributed by atoms with Gasteiger partial charge in [-0.15, -0.1) is 0 Å². The van der Waals surface area contributed by atoms with E-state index in [0.29, 0.717) is 24.4 Å². The Hall–Kier alpha value is -1.42. The van der Waals surface area contributed by atoms with Crippen LogP contribution in [0.2, 0.25) is 0 Å². The first-order valence-corrected chi connectivity index (χ1v) is 6.51. The summed E-state index contributed by atoms with van der Waals surface area (Å²) in [4.78, 5) is 12.2.